The lowest BCUT2D eigenvalue weighted by atomic mass is 10.2. The minimum atomic E-state index is 1.00. The third kappa shape index (κ3) is 4.58. The van der Waals surface area contributed by atoms with Crippen molar-refractivity contribution in [2.45, 2.75) is 25.5 Å². The van der Waals surface area contributed by atoms with Crippen LogP contribution in [-0.4, -0.2) is 18.8 Å². The number of nitrogens with one attached hydrogen (secondary N) is 1. The molecule has 1 saturated carbocycles. The average Bonchev–Trinajstić information content (AvgIpc) is 3.07. The van der Waals surface area contributed by atoms with E-state index >= 15 is 0 Å². The Morgan fingerprint density at radius 3 is 3.00 bits per heavy atom. The second kappa shape index (κ2) is 6.31. The monoisotopic (exact) mass is 235 g/mol. The Morgan fingerprint density at radius 1 is 1.38 bits per heavy atom. The maximum atomic E-state index is 3.52. The summed E-state index contributed by atoms with van der Waals surface area (Å²) < 4.78 is 0. The summed E-state index contributed by atoms with van der Waals surface area (Å²) >= 11 is 2.02. The first-order valence-electron chi connectivity index (χ1n) is 6.18. The lowest BCUT2D eigenvalue weighted by molar-refractivity contribution is 0.666. The van der Waals surface area contributed by atoms with Gasteiger partial charge in [0.25, 0.3) is 0 Å². The summed E-state index contributed by atoms with van der Waals surface area (Å²) in [4.78, 5) is 0. The summed E-state index contributed by atoms with van der Waals surface area (Å²) in [5.74, 6) is 3.37. The molecule has 0 spiro atoms. The van der Waals surface area contributed by atoms with Gasteiger partial charge in [-0.1, -0.05) is 29.8 Å². The molecule has 2 rings (SSSR count). The summed E-state index contributed by atoms with van der Waals surface area (Å²) in [6.45, 7) is 4.56. The zero-order valence-electron chi connectivity index (χ0n) is 10.0. The van der Waals surface area contributed by atoms with Gasteiger partial charge in [-0.15, -0.1) is 0 Å². The first-order chi connectivity index (χ1) is 7.84. The molecule has 0 bridgehead atoms. The van der Waals surface area contributed by atoms with E-state index in [0.717, 1.165) is 18.2 Å². The van der Waals surface area contributed by atoms with Crippen LogP contribution in [0.15, 0.2) is 24.3 Å². The van der Waals surface area contributed by atoms with Crippen LogP contribution in [0.25, 0.3) is 0 Å². The molecule has 1 nitrogen and oxygen atoms in total. The average molecular weight is 235 g/mol. The Bertz CT molecular complexity index is 320. The SMILES string of the molecule is Cc1cccc(CSCCNCC2CC2)c1. The molecule has 0 saturated heterocycles. The van der Waals surface area contributed by atoms with Crippen molar-refractivity contribution in [3.05, 3.63) is 35.4 Å². The molecule has 0 unspecified atom stereocenters. The number of benzene rings is 1. The largest absolute Gasteiger partial charge is 0.316 e. The molecular weight excluding hydrogens is 214 g/mol. The minimum Gasteiger partial charge on any atom is -0.316 e. The third-order valence-corrected chi connectivity index (χ3v) is 3.93. The minimum absolute atomic E-state index is 1.00. The van der Waals surface area contributed by atoms with Gasteiger partial charge in [0.05, 0.1) is 0 Å². The van der Waals surface area contributed by atoms with E-state index in [1.165, 1.54) is 36.3 Å². The second-order valence-corrected chi connectivity index (χ2v) is 5.79. The van der Waals surface area contributed by atoms with Crippen molar-refractivity contribution in [3.63, 3.8) is 0 Å². The van der Waals surface area contributed by atoms with Gasteiger partial charge in [0.2, 0.25) is 0 Å². The number of aryl methyl sites for hydroxylation is 1. The predicted octanol–water partition coefficient (Wildman–Crippen LogP) is 3.23. The summed E-state index contributed by atoms with van der Waals surface area (Å²) in [6, 6.07) is 8.81. The Balaban J connectivity index is 1.53. The van der Waals surface area contributed by atoms with E-state index < -0.39 is 0 Å². The molecule has 0 radical (unpaired) electrons. The van der Waals surface area contributed by atoms with Gasteiger partial charge in [-0.25, -0.2) is 0 Å². The molecule has 1 aliphatic carbocycles. The van der Waals surface area contributed by atoms with Crippen LogP contribution in [0.1, 0.15) is 24.0 Å². The van der Waals surface area contributed by atoms with Crippen molar-refractivity contribution in [1.82, 2.24) is 5.32 Å². The molecule has 0 amide bonds. The van der Waals surface area contributed by atoms with E-state index in [0.29, 0.717) is 0 Å². The molecule has 1 aromatic carbocycles. The predicted molar refractivity (Wildman–Crippen MR) is 72.9 cm³/mol. The van der Waals surface area contributed by atoms with Crippen molar-refractivity contribution >= 4 is 11.8 Å². The van der Waals surface area contributed by atoms with E-state index in [1.807, 2.05) is 11.8 Å². The van der Waals surface area contributed by atoms with Crippen LogP contribution in [0.3, 0.4) is 0 Å². The molecule has 1 aliphatic rings. The van der Waals surface area contributed by atoms with Gasteiger partial charge >= 0.3 is 0 Å². The fourth-order valence-electron chi connectivity index (χ4n) is 1.76. The highest BCUT2D eigenvalue weighted by Crippen LogP contribution is 2.27. The standard InChI is InChI=1S/C14H21NS/c1-12-3-2-4-14(9-12)11-16-8-7-15-10-13-5-6-13/h2-4,9,13,15H,5-8,10-11H2,1H3. The summed E-state index contributed by atoms with van der Waals surface area (Å²) in [7, 11) is 0. The zero-order valence-corrected chi connectivity index (χ0v) is 10.9. The highest BCUT2D eigenvalue weighted by atomic mass is 32.2. The number of hydrogen-bond acceptors (Lipinski definition) is 2. The van der Waals surface area contributed by atoms with Crippen LogP contribution in [0.4, 0.5) is 0 Å². The number of hydrogen-bond donors (Lipinski definition) is 1. The van der Waals surface area contributed by atoms with E-state index in [-0.39, 0.29) is 0 Å². The van der Waals surface area contributed by atoms with Crippen LogP contribution >= 0.6 is 11.8 Å². The van der Waals surface area contributed by atoms with E-state index in [2.05, 4.69) is 36.5 Å². The molecule has 0 aromatic heterocycles. The van der Waals surface area contributed by atoms with Crippen molar-refractivity contribution < 1.29 is 0 Å². The molecule has 2 heteroatoms. The molecule has 0 atom stereocenters. The van der Waals surface area contributed by atoms with Gasteiger partial charge in [0.15, 0.2) is 0 Å². The first-order valence-corrected chi connectivity index (χ1v) is 7.34. The fourth-order valence-corrected chi connectivity index (χ4v) is 2.61. The van der Waals surface area contributed by atoms with Crippen LogP contribution in [-0.2, 0) is 5.75 Å². The van der Waals surface area contributed by atoms with Gasteiger partial charge < -0.3 is 5.32 Å². The van der Waals surface area contributed by atoms with Crippen molar-refractivity contribution in [2.24, 2.45) is 5.92 Å². The number of thioether (sulfide) groups is 1. The maximum absolute atomic E-state index is 3.52. The Morgan fingerprint density at radius 2 is 2.25 bits per heavy atom. The quantitative estimate of drug-likeness (QED) is 0.728. The van der Waals surface area contributed by atoms with E-state index in [1.54, 1.807) is 0 Å². The zero-order chi connectivity index (χ0) is 11.2. The lowest BCUT2D eigenvalue weighted by Crippen LogP contribution is -2.19. The molecule has 0 heterocycles. The highest BCUT2D eigenvalue weighted by molar-refractivity contribution is 7.98. The molecule has 1 fully saturated rings. The molecule has 88 valence electrons. The Kier molecular flexibility index (Phi) is 4.73. The molecule has 1 aromatic rings. The van der Waals surface area contributed by atoms with Gasteiger partial charge in [0.1, 0.15) is 0 Å². The highest BCUT2D eigenvalue weighted by Gasteiger charge is 2.19. The molecular formula is C14H21NS. The van der Waals surface area contributed by atoms with Crippen molar-refractivity contribution in [2.75, 3.05) is 18.8 Å². The van der Waals surface area contributed by atoms with Crippen LogP contribution in [0.2, 0.25) is 0 Å². The fraction of sp³-hybridized carbons (Fsp3) is 0.571. The van der Waals surface area contributed by atoms with Gasteiger partial charge in [-0.05, 0) is 37.8 Å². The second-order valence-electron chi connectivity index (χ2n) is 4.69. The van der Waals surface area contributed by atoms with Crippen LogP contribution < -0.4 is 5.32 Å². The van der Waals surface area contributed by atoms with Crippen LogP contribution in [0.5, 0.6) is 0 Å². The molecule has 0 aliphatic heterocycles. The van der Waals surface area contributed by atoms with Gasteiger partial charge in [-0.2, -0.15) is 11.8 Å². The van der Waals surface area contributed by atoms with E-state index in [9.17, 15) is 0 Å². The lowest BCUT2D eigenvalue weighted by Gasteiger charge is -2.04. The topological polar surface area (TPSA) is 12.0 Å². The Labute approximate surface area is 103 Å². The Hall–Kier alpha value is -0.470. The van der Waals surface area contributed by atoms with Gasteiger partial charge in [-0.3, -0.25) is 0 Å². The van der Waals surface area contributed by atoms with Crippen molar-refractivity contribution in [3.8, 4) is 0 Å². The van der Waals surface area contributed by atoms with Crippen molar-refractivity contribution in [1.29, 1.82) is 0 Å². The van der Waals surface area contributed by atoms with Gasteiger partial charge in [0, 0.05) is 18.1 Å². The van der Waals surface area contributed by atoms with E-state index in [4.69, 9.17) is 0 Å². The smallest absolute Gasteiger partial charge is 0.0185 e. The third-order valence-electron chi connectivity index (χ3n) is 2.90. The maximum Gasteiger partial charge on any atom is 0.0185 e. The summed E-state index contributed by atoms with van der Waals surface area (Å²) in [6.07, 6.45) is 2.90. The normalized spacial score (nSPS) is 15.3. The number of rotatable bonds is 7. The first kappa shape index (κ1) is 12.0. The van der Waals surface area contributed by atoms with Crippen LogP contribution in [0, 0.1) is 12.8 Å². The molecule has 1 N–H and O–H groups in total. The summed E-state index contributed by atoms with van der Waals surface area (Å²) in [5, 5.41) is 3.52. The summed E-state index contributed by atoms with van der Waals surface area (Å²) in [5.41, 5.74) is 2.82. The molecule has 16 heavy (non-hydrogen) atoms.